The highest BCUT2D eigenvalue weighted by molar-refractivity contribution is 7.84. The number of hydrogen-bond acceptors (Lipinski definition) is 3. The molecule has 112 valence electrons. The van der Waals surface area contributed by atoms with Gasteiger partial charge in [0.05, 0.1) is 0 Å². The van der Waals surface area contributed by atoms with Crippen LogP contribution in [0.15, 0.2) is 0 Å². The molecule has 6 nitrogen and oxygen atoms in total. The van der Waals surface area contributed by atoms with E-state index in [4.69, 9.17) is 5.11 Å². The van der Waals surface area contributed by atoms with Crippen molar-refractivity contribution >= 4 is 22.8 Å². The second-order valence-electron chi connectivity index (χ2n) is 4.64. The number of hydrogen-bond donors (Lipinski definition) is 3. The summed E-state index contributed by atoms with van der Waals surface area (Å²) in [7, 11) is -0.818. The largest absolute Gasteiger partial charge is 0.481 e. The van der Waals surface area contributed by atoms with Crippen LogP contribution in [-0.2, 0) is 15.6 Å². The van der Waals surface area contributed by atoms with Gasteiger partial charge < -0.3 is 15.7 Å². The minimum absolute atomic E-state index is 0.168. The molecule has 2 unspecified atom stereocenters. The standard InChI is InChI=1S/C12H24N2O4S/c1-10(4-5-11(15)16)6-8-14-12(17)13-7-3-9-19(2)18/h10H,3-9H2,1-2H3,(H,15,16)(H2,13,14,17). The predicted octanol–water partition coefficient (Wildman–Crippen LogP) is 0.945. The summed E-state index contributed by atoms with van der Waals surface area (Å²) in [6.07, 6.45) is 3.90. The molecule has 0 aromatic rings. The molecule has 0 heterocycles. The molecule has 0 radical (unpaired) electrons. The average molecular weight is 292 g/mol. The summed E-state index contributed by atoms with van der Waals surface area (Å²) < 4.78 is 10.8. The van der Waals surface area contributed by atoms with Crippen LogP contribution >= 0.6 is 0 Å². The number of carbonyl (C=O) groups is 2. The number of amides is 2. The molecular formula is C12H24N2O4S. The molecule has 0 bridgehead atoms. The van der Waals surface area contributed by atoms with Crippen molar-refractivity contribution in [1.82, 2.24) is 10.6 Å². The lowest BCUT2D eigenvalue weighted by atomic mass is 10.0. The summed E-state index contributed by atoms with van der Waals surface area (Å²) in [5.74, 6) is 0.0803. The second kappa shape index (κ2) is 10.8. The van der Waals surface area contributed by atoms with Crippen LogP contribution in [0.25, 0.3) is 0 Å². The summed E-state index contributed by atoms with van der Waals surface area (Å²) in [6.45, 7) is 3.02. The fourth-order valence-electron chi connectivity index (χ4n) is 1.49. The Hall–Kier alpha value is -1.11. The lowest BCUT2D eigenvalue weighted by Crippen LogP contribution is -2.37. The van der Waals surface area contributed by atoms with E-state index in [1.165, 1.54) is 0 Å². The molecule has 0 aliphatic rings. The van der Waals surface area contributed by atoms with Crippen molar-refractivity contribution in [3.63, 3.8) is 0 Å². The molecule has 2 atom stereocenters. The Kier molecular flexibility index (Phi) is 10.1. The molecule has 0 fully saturated rings. The Bertz CT molecular complexity index is 310. The Labute approximate surface area is 116 Å². The Morgan fingerprint density at radius 1 is 1.21 bits per heavy atom. The number of carbonyl (C=O) groups excluding carboxylic acids is 1. The van der Waals surface area contributed by atoms with E-state index in [0.717, 1.165) is 6.42 Å². The molecular weight excluding hydrogens is 268 g/mol. The zero-order valence-electron chi connectivity index (χ0n) is 11.6. The zero-order valence-corrected chi connectivity index (χ0v) is 12.4. The van der Waals surface area contributed by atoms with Gasteiger partial charge in [0, 0.05) is 42.3 Å². The third kappa shape index (κ3) is 13.1. The minimum Gasteiger partial charge on any atom is -0.481 e. The van der Waals surface area contributed by atoms with E-state index in [1.54, 1.807) is 6.26 Å². The SMILES string of the molecule is CC(CCNC(=O)NCCCS(C)=O)CCC(=O)O. The summed E-state index contributed by atoms with van der Waals surface area (Å²) in [5.41, 5.74) is 0. The Morgan fingerprint density at radius 3 is 2.42 bits per heavy atom. The van der Waals surface area contributed by atoms with Gasteiger partial charge in [0.1, 0.15) is 0 Å². The summed E-state index contributed by atoms with van der Waals surface area (Å²) in [5, 5.41) is 13.9. The van der Waals surface area contributed by atoms with Crippen LogP contribution in [0.3, 0.4) is 0 Å². The van der Waals surface area contributed by atoms with E-state index in [1.807, 2.05) is 6.92 Å². The highest BCUT2D eigenvalue weighted by Gasteiger charge is 2.06. The smallest absolute Gasteiger partial charge is 0.314 e. The van der Waals surface area contributed by atoms with Gasteiger partial charge in [-0.15, -0.1) is 0 Å². The first-order valence-corrected chi connectivity index (χ1v) is 8.18. The maximum absolute atomic E-state index is 11.3. The van der Waals surface area contributed by atoms with Crippen molar-refractivity contribution < 1.29 is 18.9 Å². The van der Waals surface area contributed by atoms with Gasteiger partial charge in [0.2, 0.25) is 0 Å². The molecule has 0 saturated carbocycles. The van der Waals surface area contributed by atoms with E-state index in [0.29, 0.717) is 31.7 Å². The molecule has 7 heteroatoms. The van der Waals surface area contributed by atoms with Gasteiger partial charge in [-0.05, 0) is 25.2 Å². The van der Waals surface area contributed by atoms with Crippen LogP contribution in [-0.4, -0.2) is 46.4 Å². The molecule has 0 aromatic heterocycles. The molecule has 0 aromatic carbocycles. The van der Waals surface area contributed by atoms with Gasteiger partial charge in [0.15, 0.2) is 0 Å². The van der Waals surface area contributed by atoms with Crippen molar-refractivity contribution in [2.75, 3.05) is 25.1 Å². The van der Waals surface area contributed by atoms with Crippen LogP contribution in [0.4, 0.5) is 4.79 Å². The van der Waals surface area contributed by atoms with Gasteiger partial charge in [-0.25, -0.2) is 4.79 Å². The number of carboxylic acids is 1. The van der Waals surface area contributed by atoms with Crippen LogP contribution in [0.5, 0.6) is 0 Å². The van der Waals surface area contributed by atoms with Gasteiger partial charge in [-0.1, -0.05) is 6.92 Å². The molecule has 0 saturated heterocycles. The van der Waals surface area contributed by atoms with Crippen molar-refractivity contribution in [2.45, 2.75) is 32.6 Å². The van der Waals surface area contributed by atoms with Crippen molar-refractivity contribution in [3.05, 3.63) is 0 Å². The number of carboxylic acid groups (broad SMARTS) is 1. The molecule has 0 aliphatic heterocycles. The van der Waals surface area contributed by atoms with Crippen molar-refractivity contribution in [2.24, 2.45) is 5.92 Å². The van der Waals surface area contributed by atoms with Crippen LogP contribution < -0.4 is 10.6 Å². The second-order valence-corrected chi connectivity index (χ2v) is 6.19. The fraction of sp³-hybridized carbons (Fsp3) is 0.833. The third-order valence-corrected chi connectivity index (χ3v) is 3.53. The number of urea groups is 1. The monoisotopic (exact) mass is 292 g/mol. The molecule has 3 N–H and O–H groups in total. The predicted molar refractivity (Wildman–Crippen MR) is 75.6 cm³/mol. The molecule has 19 heavy (non-hydrogen) atoms. The number of rotatable bonds is 10. The highest BCUT2D eigenvalue weighted by atomic mass is 32.2. The lowest BCUT2D eigenvalue weighted by molar-refractivity contribution is -0.137. The van der Waals surface area contributed by atoms with Crippen LogP contribution in [0.2, 0.25) is 0 Å². The maximum Gasteiger partial charge on any atom is 0.314 e. The first-order valence-electron chi connectivity index (χ1n) is 6.45. The van der Waals surface area contributed by atoms with E-state index in [2.05, 4.69) is 10.6 Å². The normalized spacial score (nSPS) is 13.6. The minimum atomic E-state index is -0.818. The zero-order chi connectivity index (χ0) is 14.7. The average Bonchev–Trinajstić information content (AvgIpc) is 2.32. The van der Waals surface area contributed by atoms with E-state index in [-0.39, 0.29) is 18.4 Å². The van der Waals surface area contributed by atoms with E-state index in [9.17, 15) is 13.8 Å². The molecule has 0 spiro atoms. The van der Waals surface area contributed by atoms with Gasteiger partial charge in [-0.3, -0.25) is 9.00 Å². The Morgan fingerprint density at radius 2 is 1.84 bits per heavy atom. The fourth-order valence-corrected chi connectivity index (χ4v) is 2.04. The maximum atomic E-state index is 11.3. The van der Waals surface area contributed by atoms with Gasteiger partial charge in [-0.2, -0.15) is 0 Å². The lowest BCUT2D eigenvalue weighted by Gasteiger charge is -2.11. The van der Waals surface area contributed by atoms with Gasteiger partial charge >= 0.3 is 12.0 Å². The third-order valence-electron chi connectivity index (χ3n) is 2.67. The first-order chi connectivity index (χ1) is 8.91. The van der Waals surface area contributed by atoms with E-state index < -0.39 is 16.8 Å². The van der Waals surface area contributed by atoms with Gasteiger partial charge in [0.25, 0.3) is 0 Å². The van der Waals surface area contributed by atoms with Crippen LogP contribution in [0, 0.1) is 5.92 Å². The molecule has 2 amide bonds. The summed E-state index contributed by atoms with van der Waals surface area (Å²) >= 11 is 0. The van der Waals surface area contributed by atoms with Crippen molar-refractivity contribution in [1.29, 1.82) is 0 Å². The van der Waals surface area contributed by atoms with Crippen LogP contribution in [0.1, 0.15) is 32.6 Å². The van der Waals surface area contributed by atoms with E-state index >= 15 is 0 Å². The van der Waals surface area contributed by atoms with Crippen molar-refractivity contribution in [3.8, 4) is 0 Å². The summed E-state index contributed by atoms with van der Waals surface area (Å²) in [4.78, 5) is 21.7. The number of nitrogens with one attached hydrogen (secondary N) is 2. The molecule has 0 aliphatic carbocycles. The first kappa shape index (κ1) is 17.9. The quantitative estimate of drug-likeness (QED) is 0.522. The highest BCUT2D eigenvalue weighted by Crippen LogP contribution is 2.08. The number of aliphatic carboxylic acids is 1. The summed E-state index contributed by atoms with van der Waals surface area (Å²) in [6, 6.07) is -0.229. The topological polar surface area (TPSA) is 95.5 Å². The molecule has 0 rings (SSSR count). The Balaban J connectivity index is 3.47.